The fraction of sp³-hybridized carbons (Fsp3) is 0.250. The van der Waals surface area contributed by atoms with Gasteiger partial charge in [0.2, 0.25) is 0 Å². The van der Waals surface area contributed by atoms with Crippen molar-refractivity contribution in [3.63, 3.8) is 0 Å². The summed E-state index contributed by atoms with van der Waals surface area (Å²) in [5, 5.41) is 0. The smallest absolute Gasteiger partial charge is 0.155 e. The summed E-state index contributed by atoms with van der Waals surface area (Å²) >= 11 is 0. The summed E-state index contributed by atoms with van der Waals surface area (Å²) in [6.45, 7) is 0. The van der Waals surface area contributed by atoms with Crippen LogP contribution < -0.4 is 4.74 Å². The Balaban J connectivity index is 1.69. The minimum atomic E-state index is 0.193. The number of carbonyl (C=O) groups is 1. The number of hydrogen-bond donors (Lipinski definition) is 0. The van der Waals surface area contributed by atoms with Crippen molar-refractivity contribution >= 4 is 5.78 Å². The lowest BCUT2D eigenvalue weighted by Gasteiger charge is -2.01. The Morgan fingerprint density at radius 3 is 2.32 bits per heavy atom. The van der Waals surface area contributed by atoms with Crippen molar-refractivity contribution in [2.24, 2.45) is 0 Å². The third-order valence-electron chi connectivity index (χ3n) is 3.57. The molecule has 0 saturated carbocycles. The van der Waals surface area contributed by atoms with E-state index in [0.717, 1.165) is 25.0 Å². The Hall–Kier alpha value is -2.35. The fourth-order valence-electron chi connectivity index (χ4n) is 2.25. The van der Waals surface area contributed by atoms with Crippen molar-refractivity contribution in [1.82, 2.24) is 0 Å². The van der Waals surface area contributed by atoms with Crippen molar-refractivity contribution in [1.29, 1.82) is 0 Å². The topological polar surface area (TPSA) is 26.3 Å². The highest BCUT2D eigenvalue weighted by atomic mass is 16.5. The van der Waals surface area contributed by atoms with E-state index < -0.39 is 0 Å². The largest absolute Gasteiger partial charge is 0.497 e. The quantitative estimate of drug-likeness (QED) is 0.675. The summed E-state index contributed by atoms with van der Waals surface area (Å²) in [5.74, 6) is 1.06. The van der Waals surface area contributed by atoms with Gasteiger partial charge in [0.25, 0.3) is 0 Å². The molecule has 2 aromatic rings. The SMILES string of the molecule is COc1ccc(CC/C=C/C(=O)CCc2ccccc2)cc1. The molecule has 0 aliphatic rings. The lowest BCUT2D eigenvalue weighted by Crippen LogP contribution is -1.96. The van der Waals surface area contributed by atoms with Crippen LogP contribution in [0.1, 0.15) is 24.0 Å². The maximum Gasteiger partial charge on any atom is 0.155 e. The number of aryl methyl sites for hydroxylation is 2. The van der Waals surface area contributed by atoms with Crippen molar-refractivity contribution in [3.05, 3.63) is 77.9 Å². The van der Waals surface area contributed by atoms with Crippen LogP contribution in [0.2, 0.25) is 0 Å². The summed E-state index contributed by atoms with van der Waals surface area (Å²) in [4.78, 5) is 11.8. The molecule has 0 saturated heterocycles. The zero-order valence-corrected chi connectivity index (χ0v) is 13.0. The van der Waals surface area contributed by atoms with Crippen LogP contribution in [0.4, 0.5) is 0 Å². The molecular weight excluding hydrogens is 272 g/mol. The zero-order chi connectivity index (χ0) is 15.6. The number of benzene rings is 2. The van der Waals surface area contributed by atoms with E-state index in [1.807, 2.05) is 36.4 Å². The molecule has 2 nitrogen and oxygen atoms in total. The third-order valence-corrected chi connectivity index (χ3v) is 3.57. The second-order valence-corrected chi connectivity index (χ2v) is 5.24. The number of carbonyl (C=O) groups excluding carboxylic acids is 1. The van der Waals surface area contributed by atoms with Crippen LogP contribution in [0, 0.1) is 0 Å². The van der Waals surface area contributed by atoms with Gasteiger partial charge in [-0.25, -0.2) is 0 Å². The molecule has 0 spiro atoms. The van der Waals surface area contributed by atoms with E-state index in [-0.39, 0.29) is 5.78 Å². The first-order chi connectivity index (χ1) is 10.8. The molecule has 0 heterocycles. The Bertz CT molecular complexity index is 597. The number of methoxy groups -OCH3 is 1. The highest BCUT2D eigenvalue weighted by molar-refractivity contribution is 5.89. The van der Waals surface area contributed by atoms with Crippen LogP contribution in [0.15, 0.2) is 66.7 Å². The number of hydrogen-bond acceptors (Lipinski definition) is 2. The van der Waals surface area contributed by atoms with Gasteiger partial charge in [-0.05, 0) is 48.6 Å². The van der Waals surface area contributed by atoms with E-state index in [0.29, 0.717) is 6.42 Å². The molecule has 0 radical (unpaired) electrons. The number of rotatable bonds is 8. The molecule has 0 aromatic heterocycles. The van der Waals surface area contributed by atoms with E-state index in [4.69, 9.17) is 4.74 Å². The van der Waals surface area contributed by atoms with E-state index in [9.17, 15) is 4.79 Å². The molecule has 2 heteroatoms. The monoisotopic (exact) mass is 294 g/mol. The molecule has 0 fully saturated rings. The first-order valence-electron chi connectivity index (χ1n) is 7.64. The molecule has 0 aliphatic heterocycles. The van der Waals surface area contributed by atoms with Crippen LogP contribution in [-0.2, 0) is 17.6 Å². The Morgan fingerprint density at radius 1 is 0.955 bits per heavy atom. The van der Waals surface area contributed by atoms with Gasteiger partial charge in [-0.3, -0.25) is 4.79 Å². The summed E-state index contributed by atoms with van der Waals surface area (Å²) in [7, 11) is 1.67. The van der Waals surface area contributed by atoms with Crippen molar-refractivity contribution in [2.45, 2.75) is 25.7 Å². The first-order valence-corrected chi connectivity index (χ1v) is 7.64. The number of ketones is 1. The standard InChI is InChI=1S/C20H22O2/c1-22-20-15-12-18(13-16-20)9-5-6-10-19(21)14-11-17-7-3-2-4-8-17/h2-4,6-8,10,12-13,15-16H,5,9,11,14H2,1H3/b10-6+. The Labute approximate surface area is 132 Å². The van der Waals surface area contributed by atoms with Gasteiger partial charge in [-0.2, -0.15) is 0 Å². The number of ether oxygens (including phenoxy) is 1. The average Bonchev–Trinajstić information content (AvgIpc) is 2.58. The van der Waals surface area contributed by atoms with Gasteiger partial charge >= 0.3 is 0 Å². The van der Waals surface area contributed by atoms with Gasteiger partial charge in [-0.1, -0.05) is 48.5 Å². The van der Waals surface area contributed by atoms with Crippen LogP contribution in [0.5, 0.6) is 5.75 Å². The lowest BCUT2D eigenvalue weighted by molar-refractivity contribution is -0.114. The molecule has 2 rings (SSSR count). The predicted molar refractivity (Wildman–Crippen MR) is 90.2 cm³/mol. The van der Waals surface area contributed by atoms with Crippen LogP contribution in [0.25, 0.3) is 0 Å². The minimum absolute atomic E-state index is 0.193. The van der Waals surface area contributed by atoms with Crippen LogP contribution in [-0.4, -0.2) is 12.9 Å². The van der Waals surface area contributed by atoms with Gasteiger partial charge in [0, 0.05) is 6.42 Å². The fourth-order valence-corrected chi connectivity index (χ4v) is 2.25. The van der Waals surface area contributed by atoms with Crippen LogP contribution >= 0.6 is 0 Å². The molecule has 0 aliphatic carbocycles. The molecule has 0 amide bonds. The normalized spacial score (nSPS) is 10.8. The van der Waals surface area contributed by atoms with Gasteiger partial charge in [-0.15, -0.1) is 0 Å². The van der Waals surface area contributed by atoms with E-state index in [2.05, 4.69) is 24.3 Å². The van der Waals surface area contributed by atoms with E-state index >= 15 is 0 Å². The maximum absolute atomic E-state index is 11.8. The van der Waals surface area contributed by atoms with Gasteiger partial charge in [0.1, 0.15) is 5.75 Å². The second kappa shape index (κ2) is 8.83. The molecule has 0 bridgehead atoms. The van der Waals surface area contributed by atoms with E-state index in [1.165, 1.54) is 11.1 Å². The molecule has 114 valence electrons. The molecular formula is C20H22O2. The average molecular weight is 294 g/mol. The zero-order valence-electron chi connectivity index (χ0n) is 13.0. The molecule has 2 aromatic carbocycles. The summed E-state index contributed by atoms with van der Waals surface area (Å²) in [5.41, 5.74) is 2.46. The van der Waals surface area contributed by atoms with Gasteiger partial charge in [0.05, 0.1) is 7.11 Å². The summed E-state index contributed by atoms with van der Waals surface area (Å²) in [6, 6.07) is 18.2. The van der Waals surface area contributed by atoms with Crippen LogP contribution in [0.3, 0.4) is 0 Å². The minimum Gasteiger partial charge on any atom is -0.497 e. The molecule has 0 unspecified atom stereocenters. The third kappa shape index (κ3) is 5.57. The van der Waals surface area contributed by atoms with Crippen molar-refractivity contribution in [2.75, 3.05) is 7.11 Å². The summed E-state index contributed by atoms with van der Waals surface area (Å²) in [6.07, 6.45) is 6.88. The number of allylic oxidation sites excluding steroid dienone is 2. The molecule has 0 N–H and O–H groups in total. The molecule has 22 heavy (non-hydrogen) atoms. The predicted octanol–water partition coefficient (Wildman–Crippen LogP) is 4.39. The first kappa shape index (κ1) is 16.0. The van der Waals surface area contributed by atoms with Gasteiger partial charge in [0.15, 0.2) is 5.78 Å². The summed E-state index contributed by atoms with van der Waals surface area (Å²) < 4.78 is 5.13. The maximum atomic E-state index is 11.8. The van der Waals surface area contributed by atoms with E-state index in [1.54, 1.807) is 13.2 Å². The van der Waals surface area contributed by atoms with Crippen molar-refractivity contribution in [3.8, 4) is 5.75 Å². The Kier molecular flexibility index (Phi) is 6.43. The Morgan fingerprint density at radius 2 is 1.64 bits per heavy atom. The van der Waals surface area contributed by atoms with Crippen molar-refractivity contribution < 1.29 is 9.53 Å². The van der Waals surface area contributed by atoms with Gasteiger partial charge < -0.3 is 4.74 Å². The highest BCUT2D eigenvalue weighted by Crippen LogP contribution is 2.12. The lowest BCUT2D eigenvalue weighted by atomic mass is 10.1. The molecule has 0 atom stereocenters. The second-order valence-electron chi connectivity index (χ2n) is 5.24. The highest BCUT2D eigenvalue weighted by Gasteiger charge is 1.98.